The number of para-hydroxylation sites is 1. The Labute approximate surface area is 230 Å². The molecule has 1 aromatic carbocycles. The van der Waals surface area contributed by atoms with E-state index in [1.54, 1.807) is 37.3 Å². The number of esters is 1. The number of alkyl halides is 1. The van der Waals surface area contributed by atoms with E-state index in [1.807, 2.05) is 6.92 Å². The number of aliphatic hydroxyl groups is 1. The number of hydrogen-bond acceptors (Lipinski definition) is 11. The molecule has 1 unspecified atom stereocenters. The Morgan fingerprint density at radius 1 is 1.35 bits per heavy atom. The van der Waals surface area contributed by atoms with Crippen LogP contribution in [0, 0.1) is 0 Å². The summed E-state index contributed by atoms with van der Waals surface area (Å²) in [4.78, 5) is 20.8. The molecule has 218 valence electrons. The molecular formula is C25H34FN6O7P. The molecule has 4 rings (SSSR count). The van der Waals surface area contributed by atoms with Crippen LogP contribution in [0.1, 0.15) is 52.8 Å². The van der Waals surface area contributed by atoms with E-state index in [0.717, 1.165) is 0 Å². The SMILES string of the molecule is CC[C@H](C)OC(=O)C(C)(C)NP(=O)(OC[C@H]1O[C@@H](c2cnc3c(N)ncnn23)[C@](C)(F)[C@@H]1O)Oc1ccccc1. The second-order valence-corrected chi connectivity index (χ2v) is 11.9. The first-order valence-electron chi connectivity index (χ1n) is 12.7. The zero-order chi connectivity index (χ0) is 29.3. The number of nitrogens with zero attached hydrogens (tertiary/aromatic N) is 4. The number of nitrogens with one attached hydrogen (secondary N) is 1. The van der Waals surface area contributed by atoms with Crippen LogP contribution in [-0.2, 0) is 23.4 Å². The smallest absolute Gasteiger partial charge is 0.459 e. The number of aromatic nitrogens is 4. The van der Waals surface area contributed by atoms with Gasteiger partial charge in [-0.1, -0.05) is 25.1 Å². The monoisotopic (exact) mass is 580 g/mol. The molecule has 0 bridgehead atoms. The Bertz CT molecular complexity index is 1390. The van der Waals surface area contributed by atoms with Crippen LogP contribution in [-0.4, -0.2) is 66.8 Å². The van der Waals surface area contributed by atoms with E-state index in [0.29, 0.717) is 6.42 Å². The molecule has 0 aliphatic carbocycles. The standard InChI is InChI=1S/C25H34FN6O7P/c1-6-15(2)37-23(34)24(3,4)31-40(35,39-16-10-8-7-9-11-16)36-13-18-19(33)25(5,26)20(38-18)17-12-28-22-21(27)29-14-30-32(17)22/h7-12,14-15,18-20,33H,6,13H2,1-5H3,(H,31,35)(H2,27,29,30)/t15-,18+,19+,20-,25+,40?/m0/s1. The maximum Gasteiger partial charge on any atom is 0.459 e. The molecule has 0 radical (unpaired) electrons. The molecule has 3 heterocycles. The maximum absolute atomic E-state index is 15.9. The predicted molar refractivity (Wildman–Crippen MR) is 142 cm³/mol. The van der Waals surface area contributed by atoms with Crippen molar-refractivity contribution in [1.29, 1.82) is 0 Å². The number of nitrogen functional groups attached to an aromatic ring is 1. The third-order valence-corrected chi connectivity index (χ3v) is 8.34. The van der Waals surface area contributed by atoms with Gasteiger partial charge in [-0.25, -0.2) is 23.4 Å². The first-order chi connectivity index (χ1) is 18.8. The van der Waals surface area contributed by atoms with Crippen LogP contribution in [0.5, 0.6) is 5.75 Å². The van der Waals surface area contributed by atoms with Crippen molar-refractivity contribution in [1.82, 2.24) is 24.7 Å². The summed E-state index contributed by atoms with van der Waals surface area (Å²) in [6, 6.07) is 8.17. The van der Waals surface area contributed by atoms with Crippen LogP contribution in [0.2, 0.25) is 0 Å². The lowest BCUT2D eigenvalue weighted by molar-refractivity contribution is -0.154. The Morgan fingerprint density at radius 2 is 2.05 bits per heavy atom. The molecule has 15 heteroatoms. The van der Waals surface area contributed by atoms with Crippen molar-refractivity contribution in [2.75, 3.05) is 12.3 Å². The number of anilines is 1. The molecule has 1 aliphatic rings. The predicted octanol–water partition coefficient (Wildman–Crippen LogP) is 3.15. The minimum atomic E-state index is -4.33. The lowest BCUT2D eigenvalue weighted by Crippen LogP contribution is -2.48. The number of carbonyl (C=O) groups is 1. The number of aliphatic hydroxyl groups excluding tert-OH is 1. The Balaban J connectivity index is 1.56. The average molecular weight is 581 g/mol. The summed E-state index contributed by atoms with van der Waals surface area (Å²) in [7, 11) is -4.33. The molecule has 3 aromatic rings. The Kier molecular flexibility index (Phi) is 8.48. The van der Waals surface area contributed by atoms with E-state index in [9.17, 15) is 14.5 Å². The fourth-order valence-corrected chi connectivity index (χ4v) is 5.78. The van der Waals surface area contributed by atoms with Crippen LogP contribution in [0.15, 0.2) is 42.9 Å². The van der Waals surface area contributed by atoms with E-state index in [1.165, 1.54) is 37.8 Å². The van der Waals surface area contributed by atoms with Crippen molar-refractivity contribution in [3.63, 3.8) is 0 Å². The minimum absolute atomic E-state index is 0.0831. The number of nitrogens with two attached hydrogens (primary N) is 1. The molecule has 13 nitrogen and oxygen atoms in total. The van der Waals surface area contributed by atoms with E-state index in [4.69, 9.17) is 24.3 Å². The molecule has 0 saturated carbocycles. The van der Waals surface area contributed by atoms with Crippen LogP contribution >= 0.6 is 7.75 Å². The topological polar surface area (TPSA) is 172 Å². The number of imidazole rings is 1. The van der Waals surface area contributed by atoms with Crippen LogP contribution in [0.3, 0.4) is 0 Å². The molecule has 1 fully saturated rings. The van der Waals surface area contributed by atoms with Gasteiger partial charge in [0.15, 0.2) is 17.1 Å². The second-order valence-electron chi connectivity index (χ2n) is 10.3. The average Bonchev–Trinajstić information content (AvgIpc) is 3.42. The minimum Gasteiger partial charge on any atom is -0.461 e. The lowest BCUT2D eigenvalue weighted by Gasteiger charge is -2.30. The van der Waals surface area contributed by atoms with E-state index >= 15 is 4.39 Å². The number of carbonyl (C=O) groups excluding carboxylic acids is 1. The van der Waals surface area contributed by atoms with Crippen LogP contribution < -0.4 is 15.3 Å². The molecule has 0 spiro atoms. The summed E-state index contributed by atoms with van der Waals surface area (Å²) in [5.41, 5.74) is 2.39. The third-order valence-electron chi connectivity index (χ3n) is 6.57. The van der Waals surface area contributed by atoms with Crippen molar-refractivity contribution < 1.29 is 37.4 Å². The highest BCUT2D eigenvalue weighted by molar-refractivity contribution is 7.52. The first kappa shape index (κ1) is 29.8. The number of hydrogen-bond donors (Lipinski definition) is 3. The normalized spacial score (nSPS) is 25.4. The van der Waals surface area contributed by atoms with Crippen LogP contribution in [0.4, 0.5) is 10.2 Å². The highest BCUT2D eigenvalue weighted by Crippen LogP contribution is 2.49. The number of benzene rings is 1. The number of rotatable bonds is 11. The summed E-state index contributed by atoms with van der Waals surface area (Å²) < 4.78 is 53.7. The second kappa shape index (κ2) is 11.4. The largest absolute Gasteiger partial charge is 0.461 e. The van der Waals surface area contributed by atoms with Gasteiger partial charge in [0.1, 0.15) is 35.9 Å². The van der Waals surface area contributed by atoms with Gasteiger partial charge < -0.3 is 24.8 Å². The zero-order valence-corrected chi connectivity index (χ0v) is 23.7. The van der Waals surface area contributed by atoms with Gasteiger partial charge in [0, 0.05) is 0 Å². The summed E-state index contributed by atoms with van der Waals surface area (Å²) in [6.45, 7) is 7.14. The molecule has 2 aromatic heterocycles. The Morgan fingerprint density at radius 3 is 2.73 bits per heavy atom. The lowest BCUT2D eigenvalue weighted by atomic mass is 9.93. The van der Waals surface area contributed by atoms with Gasteiger partial charge in [0.2, 0.25) is 0 Å². The van der Waals surface area contributed by atoms with Crippen molar-refractivity contribution in [3.8, 4) is 5.75 Å². The third kappa shape index (κ3) is 6.11. The van der Waals surface area contributed by atoms with Gasteiger partial charge in [-0.05, 0) is 46.2 Å². The van der Waals surface area contributed by atoms with Gasteiger partial charge in [-0.15, -0.1) is 0 Å². The molecular weight excluding hydrogens is 546 g/mol. The number of halogens is 1. The van der Waals surface area contributed by atoms with Gasteiger partial charge in [-0.2, -0.15) is 10.2 Å². The quantitative estimate of drug-likeness (QED) is 0.224. The van der Waals surface area contributed by atoms with Gasteiger partial charge in [0.05, 0.1) is 24.6 Å². The van der Waals surface area contributed by atoms with E-state index < -0.39 is 49.8 Å². The molecule has 1 aliphatic heterocycles. The highest BCUT2D eigenvalue weighted by atomic mass is 31.2. The van der Waals surface area contributed by atoms with Crippen molar-refractivity contribution in [2.24, 2.45) is 0 Å². The summed E-state index contributed by atoms with van der Waals surface area (Å²) in [5.74, 6) is -0.405. The summed E-state index contributed by atoms with van der Waals surface area (Å²) in [6.07, 6.45) is -1.58. The van der Waals surface area contributed by atoms with Gasteiger partial charge >= 0.3 is 13.7 Å². The fraction of sp³-hybridized carbons (Fsp3) is 0.520. The summed E-state index contributed by atoms with van der Waals surface area (Å²) in [5, 5.41) is 17.6. The highest BCUT2D eigenvalue weighted by Gasteiger charge is 2.56. The van der Waals surface area contributed by atoms with Crippen molar-refractivity contribution in [2.45, 2.75) is 76.7 Å². The van der Waals surface area contributed by atoms with E-state index in [-0.39, 0.29) is 29.0 Å². The van der Waals surface area contributed by atoms with Crippen molar-refractivity contribution in [3.05, 3.63) is 48.5 Å². The first-order valence-corrected chi connectivity index (χ1v) is 14.3. The number of ether oxygens (including phenoxy) is 2. The molecule has 4 N–H and O–H groups in total. The molecule has 0 amide bonds. The van der Waals surface area contributed by atoms with Crippen molar-refractivity contribution >= 4 is 25.2 Å². The molecule has 1 saturated heterocycles. The Hall–Kier alpha value is -3.16. The maximum atomic E-state index is 15.9. The van der Waals surface area contributed by atoms with Gasteiger partial charge in [-0.3, -0.25) is 9.32 Å². The van der Waals surface area contributed by atoms with E-state index in [2.05, 4.69) is 20.2 Å². The van der Waals surface area contributed by atoms with Crippen LogP contribution in [0.25, 0.3) is 5.65 Å². The van der Waals surface area contributed by atoms with Gasteiger partial charge in [0.25, 0.3) is 0 Å². The zero-order valence-electron chi connectivity index (χ0n) is 22.9. The molecule has 6 atom stereocenters. The number of fused-ring (bicyclic) bond motifs is 1. The fourth-order valence-electron chi connectivity index (χ4n) is 4.10. The summed E-state index contributed by atoms with van der Waals surface area (Å²) >= 11 is 0. The molecule has 40 heavy (non-hydrogen) atoms.